The second kappa shape index (κ2) is 9.82. The Morgan fingerprint density at radius 3 is 1.94 bits per heavy atom. The lowest BCUT2D eigenvalue weighted by atomic mass is 10.3. The van der Waals surface area contributed by atoms with Gasteiger partial charge in [0.1, 0.15) is 5.75 Å². The molecule has 9 heteroatoms. The number of nitrogens with zero attached hydrogens (tertiary/aromatic N) is 6. The van der Waals surface area contributed by atoms with Gasteiger partial charge in [0.15, 0.2) is 11.6 Å². The molecule has 0 saturated carbocycles. The first-order valence-corrected chi connectivity index (χ1v) is 10.9. The minimum Gasteiger partial charge on any atom is -0.494 e. The standard InChI is InChI=1S/C22H31N7O2/c1-3-31-19-6-4-18(5-7-19)23-22(30)29-16-14-28(15-17-29)21-9-8-20(24-25-21)27-12-10-26(2)11-13-27/h4-9H,3,10-17H2,1-2H3,(H,23,30). The Balaban J connectivity index is 1.26. The van der Waals surface area contributed by atoms with Crippen molar-refractivity contribution in [3.8, 4) is 5.75 Å². The highest BCUT2D eigenvalue weighted by atomic mass is 16.5. The van der Waals surface area contributed by atoms with Gasteiger partial charge in [0.25, 0.3) is 0 Å². The van der Waals surface area contributed by atoms with E-state index >= 15 is 0 Å². The molecular formula is C22H31N7O2. The molecule has 2 aromatic rings. The fourth-order valence-electron chi connectivity index (χ4n) is 3.83. The summed E-state index contributed by atoms with van der Waals surface area (Å²) in [6, 6.07) is 11.5. The molecule has 0 radical (unpaired) electrons. The minimum atomic E-state index is -0.0830. The fourth-order valence-corrected chi connectivity index (χ4v) is 3.83. The zero-order valence-electron chi connectivity index (χ0n) is 18.3. The number of carbonyl (C=O) groups excluding carboxylic acids is 1. The lowest BCUT2D eigenvalue weighted by Gasteiger charge is -2.35. The molecule has 4 rings (SSSR count). The molecule has 0 aliphatic carbocycles. The third kappa shape index (κ3) is 5.35. The van der Waals surface area contributed by atoms with Crippen molar-refractivity contribution in [3.05, 3.63) is 36.4 Å². The molecule has 9 nitrogen and oxygen atoms in total. The van der Waals surface area contributed by atoms with E-state index in [1.807, 2.05) is 42.2 Å². The number of anilines is 3. The molecule has 2 amide bonds. The minimum absolute atomic E-state index is 0.0830. The molecule has 1 aromatic heterocycles. The number of rotatable bonds is 5. The van der Waals surface area contributed by atoms with Gasteiger partial charge < -0.3 is 29.7 Å². The highest BCUT2D eigenvalue weighted by molar-refractivity contribution is 5.89. The number of benzene rings is 1. The van der Waals surface area contributed by atoms with Crippen LogP contribution in [-0.4, -0.2) is 92.0 Å². The number of likely N-dealkylation sites (N-methyl/N-ethyl adjacent to an activating group) is 1. The Labute approximate surface area is 183 Å². The molecule has 0 spiro atoms. The third-order valence-corrected chi connectivity index (χ3v) is 5.77. The molecule has 0 atom stereocenters. The maximum Gasteiger partial charge on any atom is 0.321 e. The van der Waals surface area contributed by atoms with Crippen molar-refractivity contribution in [2.45, 2.75) is 6.92 Å². The van der Waals surface area contributed by atoms with E-state index in [-0.39, 0.29) is 6.03 Å². The Hall–Kier alpha value is -3.07. The zero-order valence-corrected chi connectivity index (χ0v) is 18.3. The largest absolute Gasteiger partial charge is 0.494 e. The molecule has 1 N–H and O–H groups in total. The Kier molecular flexibility index (Phi) is 6.71. The highest BCUT2D eigenvalue weighted by Gasteiger charge is 2.23. The van der Waals surface area contributed by atoms with Crippen LogP contribution >= 0.6 is 0 Å². The molecule has 3 heterocycles. The van der Waals surface area contributed by atoms with Crippen LogP contribution in [0.3, 0.4) is 0 Å². The van der Waals surface area contributed by atoms with E-state index in [2.05, 4.69) is 43.3 Å². The maximum atomic E-state index is 12.6. The van der Waals surface area contributed by atoms with E-state index in [4.69, 9.17) is 4.74 Å². The van der Waals surface area contributed by atoms with Gasteiger partial charge in [-0.2, -0.15) is 0 Å². The number of carbonyl (C=O) groups is 1. The van der Waals surface area contributed by atoms with Gasteiger partial charge in [-0.05, 0) is 50.4 Å². The molecule has 2 saturated heterocycles. The predicted octanol–water partition coefficient (Wildman–Crippen LogP) is 1.98. The van der Waals surface area contributed by atoms with Gasteiger partial charge in [-0.3, -0.25) is 0 Å². The topological polar surface area (TPSA) is 77.1 Å². The molecule has 1 aromatic carbocycles. The van der Waals surface area contributed by atoms with E-state index in [9.17, 15) is 4.79 Å². The number of aromatic nitrogens is 2. The van der Waals surface area contributed by atoms with Crippen LogP contribution in [0.25, 0.3) is 0 Å². The summed E-state index contributed by atoms with van der Waals surface area (Å²) < 4.78 is 5.44. The van der Waals surface area contributed by atoms with Crippen LogP contribution in [0.2, 0.25) is 0 Å². The summed E-state index contributed by atoms with van der Waals surface area (Å²) in [6.45, 7) is 9.38. The third-order valence-electron chi connectivity index (χ3n) is 5.77. The fraction of sp³-hybridized carbons (Fsp3) is 0.500. The van der Waals surface area contributed by atoms with Gasteiger partial charge >= 0.3 is 6.03 Å². The quantitative estimate of drug-likeness (QED) is 0.785. The molecule has 2 aliphatic heterocycles. The number of ether oxygens (including phenoxy) is 1. The molecule has 2 fully saturated rings. The number of amides is 2. The van der Waals surface area contributed by atoms with Crippen molar-refractivity contribution in [2.24, 2.45) is 0 Å². The van der Waals surface area contributed by atoms with Crippen LogP contribution in [0.5, 0.6) is 5.75 Å². The van der Waals surface area contributed by atoms with Crippen molar-refractivity contribution < 1.29 is 9.53 Å². The average molecular weight is 426 g/mol. The van der Waals surface area contributed by atoms with Crippen LogP contribution in [0.1, 0.15) is 6.92 Å². The smallest absolute Gasteiger partial charge is 0.321 e. The second-order valence-electron chi connectivity index (χ2n) is 7.90. The van der Waals surface area contributed by atoms with E-state index < -0.39 is 0 Å². The normalized spacial score (nSPS) is 17.5. The van der Waals surface area contributed by atoms with Crippen LogP contribution in [0.4, 0.5) is 22.1 Å². The van der Waals surface area contributed by atoms with Crippen molar-refractivity contribution in [1.29, 1.82) is 0 Å². The van der Waals surface area contributed by atoms with Gasteiger partial charge in [0.05, 0.1) is 6.61 Å². The summed E-state index contributed by atoms with van der Waals surface area (Å²) in [7, 11) is 2.14. The van der Waals surface area contributed by atoms with E-state index in [1.54, 1.807) is 0 Å². The molecule has 166 valence electrons. The number of urea groups is 1. The Morgan fingerprint density at radius 2 is 1.42 bits per heavy atom. The van der Waals surface area contributed by atoms with Crippen LogP contribution in [0, 0.1) is 0 Å². The molecule has 2 aliphatic rings. The first-order valence-electron chi connectivity index (χ1n) is 10.9. The van der Waals surface area contributed by atoms with Crippen molar-refractivity contribution in [2.75, 3.05) is 81.1 Å². The second-order valence-corrected chi connectivity index (χ2v) is 7.90. The summed E-state index contributed by atoms with van der Waals surface area (Å²) in [5.74, 6) is 2.60. The Bertz CT molecular complexity index is 843. The summed E-state index contributed by atoms with van der Waals surface area (Å²) in [5.41, 5.74) is 0.765. The highest BCUT2D eigenvalue weighted by Crippen LogP contribution is 2.19. The maximum absolute atomic E-state index is 12.6. The van der Waals surface area contributed by atoms with E-state index in [0.29, 0.717) is 19.7 Å². The molecule has 0 bridgehead atoms. The first kappa shape index (κ1) is 21.2. The zero-order chi connectivity index (χ0) is 21.6. The molecule has 31 heavy (non-hydrogen) atoms. The van der Waals surface area contributed by atoms with Gasteiger partial charge in [-0.1, -0.05) is 0 Å². The number of hydrogen-bond acceptors (Lipinski definition) is 7. The number of nitrogens with one attached hydrogen (secondary N) is 1. The first-order chi connectivity index (χ1) is 15.1. The SMILES string of the molecule is CCOc1ccc(NC(=O)N2CCN(c3ccc(N4CCN(C)CC4)nn3)CC2)cc1. The average Bonchev–Trinajstić information content (AvgIpc) is 2.81. The Morgan fingerprint density at radius 1 is 0.871 bits per heavy atom. The predicted molar refractivity (Wildman–Crippen MR) is 122 cm³/mol. The molecule has 0 unspecified atom stereocenters. The number of hydrogen-bond donors (Lipinski definition) is 1. The molecular weight excluding hydrogens is 394 g/mol. The summed E-state index contributed by atoms with van der Waals surface area (Å²) in [4.78, 5) is 21.2. The van der Waals surface area contributed by atoms with Gasteiger partial charge in [0.2, 0.25) is 0 Å². The van der Waals surface area contributed by atoms with Crippen molar-refractivity contribution in [1.82, 2.24) is 20.0 Å². The van der Waals surface area contributed by atoms with E-state index in [1.165, 1.54) is 0 Å². The van der Waals surface area contributed by atoms with Crippen molar-refractivity contribution in [3.63, 3.8) is 0 Å². The lowest BCUT2D eigenvalue weighted by molar-refractivity contribution is 0.208. The van der Waals surface area contributed by atoms with Gasteiger partial charge in [0, 0.05) is 58.0 Å². The lowest BCUT2D eigenvalue weighted by Crippen LogP contribution is -2.50. The summed E-state index contributed by atoms with van der Waals surface area (Å²) in [6.07, 6.45) is 0. The summed E-state index contributed by atoms with van der Waals surface area (Å²) >= 11 is 0. The number of piperazine rings is 2. The van der Waals surface area contributed by atoms with Gasteiger partial charge in [-0.15, -0.1) is 10.2 Å². The monoisotopic (exact) mass is 425 g/mol. The summed E-state index contributed by atoms with van der Waals surface area (Å²) in [5, 5.41) is 11.9. The van der Waals surface area contributed by atoms with Crippen LogP contribution in [-0.2, 0) is 0 Å². The van der Waals surface area contributed by atoms with Crippen LogP contribution in [0.15, 0.2) is 36.4 Å². The van der Waals surface area contributed by atoms with Crippen LogP contribution < -0.4 is 19.9 Å². The van der Waals surface area contributed by atoms with Gasteiger partial charge in [-0.25, -0.2) is 4.79 Å². The van der Waals surface area contributed by atoms with Crippen molar-refractivity contribution >= 4 is 23.4 Å². The van der Waals surface area contributed by atoms with E-state index in [0.717, 1.165) is 62.3 Å².